The van der Waals surface area contributed by atoms with Crippen molar-refractivity contribution >= 4 is 0 Å². The van der Waals surface area contributed by atoms with Gasteiger partial charge in [0, 0.05) is 16.7 Å². The molecule has 0 amide bonds. The van der Waals surface area contributed by atoms with Crippen LogP contribution in [0.2, 0.25) is 0 Å². The Kier molecular flexibility index (Phi) is 7.37. The third kappa shape index (κ3) is 4.76. The Hall–Kier alpha value is -5.67. The summed E-state index contributed by atoms with van der Waals surface area (Å²) in [5, 5.41) is 0. The molecule has 0 radical (unpaired) electrons. The van der Waals surface area contributed by atoms with Crippen molar-refractivity contribution < 1.29 is 0 Å². The molecule has 1 heterocycles. The maximum atomic E-state index is 5.10. The van der Waals surface area contributed by atoms with Crippen molar-refractivity contribution in [1.29, 1.82) is 0 Å². The Labute approximate surface area is 289 Å². The van der Waals surface area contributed by atoms with E-state index in [4.69, 9.17) is 15.0 Å². The summed E-state index contributed by atoms with van der Waals surface area (Å²) >= 11 is 0. The molecular formula is C46H39N3. The van der Waals surface area contributed by atoms with Crippen molar-refractivity contribution in [3.05, 3.63) is 173 Å². The molecule has 1 spiro atoms. The van der Waals surface area contributed by atoms with Gasteiger partial charge in [-0.2, -0.15) is 0 Å². The van der Waals surface area contributed by atoms with Crippen LogP contribution in [0, 0.1) is 0 Å². The molecule has 7 aromatic rings. The minimum atomic E-state index is -0.452. The molecule has 3 heteroatoms. The van der Waals surface area contributed by atoms with E-state index in [1.165, 1.54) is 50.1 Å². The van der Waals surface area contributed by atoms with Crippen LogP contribution in [0.3, 0.4) is 0 Å². The first-order valence-corrected chi connectivity index (χ1v) is 17.3. The maximum absolute atomic E-state index is 5.10. The number of hydrogen-bond donors (Lipinski definition) is 0. The molecule has 3 nitrogen and oxygen atoms in total. The van der Waals surface area contributed by atoms with Gasteiger partial charge in [-0.3, -0.25) is 0 Å². The van der Waals surface area contributed by atoms with Crippen LogP contribution < -0.4 is 0 Å². The largest absolute Gasteiger partial charge is 0.208 e. The van der Waals surface area contributed by atoms with E-state index < -0.39 is 5.41 Å². The molecular weight excluding hydrogens is 595 g/mol. The normalized spacial score (nSPS) is 13.2. The topological polar surface area (TPSA) is 38.7 Å². The highest BCUT2D eigenvalue weighted by Gasteiger charge is 2.52. The van der Waals surface area contributed by atoms with Gasteiger partial charge in [-0.1, -0.05) is 174 Å². The van der Waals surface area contributed by atoms with Crippen LogP contribution in [0.5, 0.6) is 0 Å². The van der Waals surface area contributed by atoms with Crippen LogP contribution in [0.4, 0.5) is 0 Å². The number of nitrogens with zero attached hydrogens (tertiary/aromatic N) is 3. The monoisotopic (exact) mass is 633 g/mol. The molecule has 0 saturated carbocycles. The van der Waals surface area contributed by atoms with Crippen molar-refractivity contribution in [1.82, 2.24) is 15.0 Å². The fourth-order valence-corrected chi connectivity index (χ4v) is 7.68. The molecule has 2 aliphatic rings. The zero-order valence-corrected chi connectivity index (χ0v) is 28.7. The average molecular weight is 634 g/mol. The van der Waals surface area contributed by atoms with Gasteiger partial charge in [0.1, 0.15) is 0 Å². The lowest BCUT2D eigenvalue weighted by Crippen LogP contribution is -2.26. The van der Waals surface area contributed by atoms with Crippen molar-refractivity contribution in [3.8, 4) is 56.4 Å². The Bertz CT molecular complexity index is 2230. The number of benzene rings is 6. The zero-order chi connectivity index (χ0) is 33.8. The molecule has 238 valence electrons. The molecule has 2 aliphatic carbocycles. The van der Waals surface area contributed by atoms with Crippen molar-refractivity contribution in [2.75, 3.05) is 0 Å². The first-order valence-electron chi connectivity index (χ1n) is 17.3. The van der Waals surface area contributed by atoms with E-state index in [0.717, 1.165) is 16.7 Å². The van der Waals surface area contributed by atoms with Gasteiger partial charge >= 0.3 is 0 Å². The lowest BCUT2D eigenvalue weighted by molar-refractivity contribution is 0.588. The molecule has 1 aromatic heterocycles. The van der Waals surface area contributed by atoms with Gasteiger partial charge in [-0.25, -0.2) is 15.0 Å². The summed E-state index contributed by atoms with van der Waals surface area (Å²) in [4.78, 5) is 15.1. The number of fused-ring (bicyclic) bond motifs is 10. The lowest BCUT2D eigenvalue weighted by Gasteiger charge is -2.32. The Morgan fingerprint density at radius 1 is 0.388 bits per heavy atom. The fraction of sp³-hybridized carbons (Fsp3) is 0.152. The molecule has 0 saturated heterocycles. The number of hydrogen-bond acceptors (Lipinski definition) is 3. The van der Waals surface area contributed by atoms with Gasteiger partial charge in [0.2, 0.25) is 0 Å². The quantitative estimate of drug-likeness (QED) is 0.194. The molecule has 0 fully saturated rings. The predicted molar refractivity (Wildman–Crippen MR) is 202 cm³/mol. The van der Waals surface area contributed by atoms with Crippen LogP contribution in [0.1, 0.15) is 62.4 Å². The van der Waals surface area contributed by atoms with Gasteiger partial charge in [-0.15, -0.1) is 0 Å². The van der Waals surface area contributed by atoms with Gasteiger partial charge < -0.3 is 0 Å². The summed E-state index contributed by atoms with van der Waals surface area (Å²) in [6.45, 7) is 10.9. The van der Waals surface area contributed by atoms with Crippen molar-refractivity contribution in [3.63, 3.8) is 0 Å². The standard InChI is InChI=1S/C44H33N3.C2H6/c1-43(2,3)31-23-25-35-34-24-22-30(42-46-40(28-14-6-4-7-15-28)45-41(47-42)29-16-8-5-9-17-29)26-38(34)44(39(35)27-31)36-20-12-10-18-32(36)33-19-11-13-21-37(33)44;1-2/h4-27H,1-3H3;1-2H3. The summed E-state index contributed by atoms with van der Waals surface area (Å²) in [6, 6.07) is 52.2. The third-order valence-electron chi connectivity index (χ3n) is 9.91. The minimum absolute atomic E-state index is 0.0142. The van der Waals surface area contributed by atoms with E-state index in [-0.39, 0.29) is 5.41 Å². The highest BCUT2D eigenvalue weighted by Crippen LogP contribution is 2.63. The molecule has 6 aromatic carbocycles. The molecule has 49 heavy (non-hydrogen) atoms. The van der Waals surface area contributed by atoms with E-state index >= 15 is 0 Å². The summed E-state index contributed by atoms with van der Waals surface area (Å²) in [6.07, 6.45) is 0. The van der Waals surface area contributed by atoms with Crippen LogP contribution in [0.25, 0.3) is 56.4 Å². The molecule has 0 aliphatic heterocycles. The van der Waals surface area contributed by atoms with E-state index in [1.807, 2.05) is 50.2 Å². The summed E-state index contributed by atoms with van der Waals surface area (Å²) < 4.78 is 0. The summed E-state index contributed by atoms with van der Waals surface area (Å²) in [5.41, 5.74) is 14.2. The molecule has 0 atom stereocenters. The second kappa shape index (κ2) is 11.8. The van der Waals surface area contributed by atoms with Crippen molar-refractivity contribution in [2.24, 2.45) is 0 Å². The lowest BCUT2D eigenvalue weighted by atomic mass is 9.69. The van der Waals surface area contributed by atoms with Crippen LogP contribution >= 0.6 is 0 Å². The second-order valence-electron chi connectivity index (χ2n) is 13.7. The van der Waals surface area contributed by atoms with Crippen LogP contribution in [-0.4, -0.2) is 15.0 Å². The van der Waals surface area contributed by atoms with E-state index in [9.17, 15) is 0 Å². The highest BCUT2D eigenvalue weighted by atomic mass is 15.0. The summed E-state index contributed by atoms with van der Waals surface area (Å²) in [7, 11) is 0. The third-order valence-corrected chi connectivity index (χ3v) is 9.91. The average Bonchev–Trinajstić information content (AvgIpc) is 3.62. The minimum Gasteiger partial charge on any atom is -0.208 e. The van der Waals surface area contributed by atoms with Gasteiger partial charge in [0.05, 0.1) is 5.41 Å². The van der Waals surface area contributed by atoms with E-state index in [0.29, 0.717) is 17.5 Å². The number of rotatable bonds is 3. The smallest absolute Gasteiger partial charge is 0.164 e. The number of aromatic nitrogens is 3. The SMILES string of the molecule is CC.CC(C)(C)c1ccc2c(c1)C1(c3ccccc3-c3ccccc31)c1cc(-c3nc(-c4ccccc4)nc(-c4ccccc4)n3)ccc1-2. The van der Waals surface area contributed by atoms with Crippen LogP contribution in [0.15, 0.2) is 146 Å². The maximum Gasteiger partial charge on any atom is 0.164 e. The molecule has 0 unspecified atom stereocenters. The molecule has 9 rings (SSSR count). The highest BCUT2D eigenvalue weighted by molar-refractivity contribution is 5.96. The molecule has 0 N–H and O–H groups in total. The second-order valence-corrected chi connectivity index (χ2v) is 13.7. The fourth-order valence-electron chi connectivity index (χ4n) is 7.68. The molecule has 0 bridgehead atoms. The van der Waals surface area contributed by atoms with E-state index in [2.05, 4.69) is 130 Å². The predicted octanol–water partition coefficient (Wildman–Crippen LogP) is 11.5. The Morgan fingerprint density at radius 3 is 1.31 bits per heavy atom. The van der Waals surface area contributed by atoms with E-state index in [1.54, 1.807) is 0 Å². The Balaban J connectivity index is 0.00000171. The first kappa shape index (κ1) is 30.7. The van der Waals surface area contributed by atoms with Crippen molar-refractivity contribution in [2.45, 2.75) is 45.4 Å². The van der Waals surface area contributed by atoms with Crippen LogP contribution in [-0.2, 0) is 10.8 Å². The first-order chi connectivity index (χ1) is 23.9. The Morgan fingerprint density at radius 2 is 0.796 bits per heavy atom. The van der Waals surface area contributed by atoms with Gasteiger partial charge in [0.25, 0.3) is 0 Å². The zero-order valence-electron chi connectivity index (χ0n) is 28.7. The summed E-state index contributed by atoms with van der Waals surface area (Å²) in [5.74, 6) is 2.00. The van der Waals surface area contributed by atoms with Gasteiger partial charge in [0.15, 0.2) is 17.5 Å². The van der Waals surface area contributed by atoms with Gasteiger partial charge in [-0.05, 0) is 61.6 Å².